The van der Waals surface area contributed by atoms with Crippen LogP contribution in [0.3, 0.4) is 0 Å². The molecule has 0 saturated heterocycles. The van der Waals surface area contributed by atoms with Crippen LogP contribution in [0.2, 0.25) is 0 Å². The number of benzene rings is 1. The molecule has 92 valence electrons. The Labute approximate surface area is 102 Å². The van der Waals surface area contributed by atoms with Gasteiger partial charge in [-0.2, -0.15) is 0 Å². The van der Waals surface area contributed by atoms with Crippen LogP contribution in [0.1, 0.15) is 42.5 Å². The number of aliphatic carboxylic acids is 1. The van der Waals surface area contributed by atoms with Crippen LogP contribution in [0.25, 0.3) is 0 Å². The van der Waals surface area contributed by atoms with Gasteiger partial charge in [0.25, 0.3) is 0 Å². The van der Waals surface area contributed by atoms with Crippen LogP contribution in [0.15, 0.2) is 18.2 Å². The summed E-state index contributed by atoms with van der Waals surface area (Å²) < 4.78 is 0. The number of carboxylic acid groups (broad SMARTS) is 1. The average molecular weight is 233 g/mol. The molecule has 1 aromatic carbocycles. The van der Waals surface area contributed by atoms with Gasteiger partial charge in [0.05, 0.1) is 6.54 Å². The second-order valence-corrected chi connectivity index (χ2v) is 4.73. The first-order valence-corrected chi connectivity index (χ1v) is 6.23. The Hall–Kier alpha value is -1.35. The fourth-order valence-electron chi connectivity index (χ4n) is 2.38. The average Bonchev–Trinajstić information content (AvgIpc) is 2.35. The van der Waals surface area contributed by atoms with Crippen LogP contribution >= 0.6 is 0 Å². The minimum Gasteiger partial charge on any atom is -0.480 e. The first-order valence-electron chi connectivity index (χ1n) is 6.23. The lowest BCUT2D eigenvalue weighted by molar-refractivity contribution is -0.136. The Morgan fingerprint density at radius 2 is 2.06 bits per heavy atom. The summed E-state index contributed by atoms with van der Waals surface area (Å²) in [6, 6.07) is 6.64. The second kappa shape index (κ2) is 5.32. The van der Waals surface area contributed by atoms with Crippen molar-refractivity contribution in [2.45, 2.75) is 38.6 Å². The zero-order valence-corrected chi connectivity index (χ0v) is 10.2. The number of hydrogen-bond acceptors (Lipinski definition) is 2. The van der Waals surface area contributed by atoms with Gasteiger partial charge in [-0.05, 0) is 49.3 Å². The monoisotopic (exact) mass is 233 g/mol. The highest BCUT2D eigenvalue weighted by atomic mass is 16.4. The molecule has 0 amide bonds. The third-order valence-corrected chi connectivity index (χ3v) is 3.43. The van der Waals surface area contributed by atoms with Gasteiger partial charge in [-0.3, -0.25) is 4.79 Å². The van der Waals surface area contributed by atoms with Gasteiger partial charge in [0.15, 0.2) is 0 Å². The number of fused-ring (bicyclic) bond motifs is 1. The molecular weight excluding hydrogens is 214 g/mol. The largest absolute Gasteiger partial charge is 0.480 e. The molecular formula is C14H19NO2. The fourth-order valence-corrected chi connectivity index (χ4v) is 2.38. The van der Waals surface area contributed by atoms with Gasteiger partial charge in [0.2, 0.25) is 0 Å². The van der Waals surface area contributed by atoms with Crippen molar-refractivity contribution in [3.63, 3.8) is 0 Å². The van der Waals surface area contributed by atoms with Gasteiger partial charge < -0.3 is 10.4 Å². The molecule has 0 aromatic heterocycles. The van der Waals surface area contributed by atoms with Crippen LogP contribution in [0.5, 0.6) is 0 Å². The smallest absolute Gasteiger partial charge is 0.317 e. The molecule has 1 aromatic rings. The van der Waals surface area contributed by atoms with Crippen molar-refractivity contribution >= 4 is 5.97 Å². The maximum absolute atomic E-state index is 10.5. The Morgan fingerprint density at radius 3 is 2.76 bits per heavy atom. The van der Waals surface area contributed by atoms with Crippen LogP contribution in [0.4, 0.5) is 0 Å². The zero-order valence-electron chi connectivity index (χ0n) is 10.2. The Bertz CT molecular complexity index is 415. The van der Waals surface area contributed by atoms with Gasteiger partial charge in [0, 0.05) is 6.04 Å². The molecule has 2 rings (SSSR count). The summed E-state index contributed by atoms with van der Waals surface area (Å²) in [6.07, 6.45) is 4.91. The molecule has 1 atom stereocenters. The Kier molecular flexibility index (Phi) is 3.79. The summed E-state index contributed by atoms with van der Waals surface area (Å²) in [5, 5.41) is 11.6. The highest BCUT2D eigenvalue weighted by molar-refractivity contribution is 5.69. The molecule has 1 aliphatic rings. The molecule has 0 aliphatic heterocycles. The highest BCUT2D eigenvalue weighted by Gasteiger charge is 2.12. The third-order valence-electron chi connectivity index (χ3n) is 3.43. The number of hydrogen-bond donors (Lipinski definition) is 2. The van der Waals surface area contributed by atoms with E-state index in [1.165, 1.54) is 36.0 Å². The van der Waals surface area contributed by atoms with E-state index in [1.807, 2.05) is 6.92 Å². The first kappa shape index (κ1) is 12.1. The van der Waals surface area contributed by atoms with Gasteiger partial charge in [-0.1, -0.05) is 18.2 Å². The predicted octanol–water partition coefficient (Wildman–Crippen LogP) is 2.30. The zero-order chi connectivity index (χ0) is 12.3. The SMILES string of the molecule is CC(NCC(=O)O)c1ccc2c(c1)CCCC2. The minimum absolute atomic E-state index is 0.0122. The third kappa shape index (κ3) is 3.07. The van der Waals surface area contributed by atoms with E-state index in [0.717, 1.165) is 6.42 Å². The van der Waals surface area contributed by atoms with Crippen molar-refractivity contribution < 1.29 is 9.90 Å². The molecule has 1 unspecified atom stereocenters. The standard InChI is InChI=1S/C14H19NO2/c1-10(15-9-14(16)17)12-7-6-11-4-2-3-5-13(11)8-12/h6-8,10,15H,2-5,9H2,1H3,(H,16,17). The summed E-state index contributed by atoms with van der Waals surface area (Å²) in [4.78, 5) is 10.5. The molecule has 0 saturated carbocycles. The normalized spacial score (nSPS) is 16.3. The van der Waals surface area contributed by atoms with E-state index in [1.54, 1.807) is 0 Å². The topological polar surface area (TPSA) is 49.3 Å². The molecule has 2 N–H and O–H groups in total. The van der Waals surface area contributed by atoms with Crippen LogP contribution < -0.4 is 5.32 Å². The molecule has 3 nitrogen and oxygen atoms in total. The molecule has 3 heteroatoms. The molecule has 0 heterocycles. The maximum Gasteiger partial charge on any atom is 0.317 e. The van der Waals surface area contributed by atoms with Gasteiger partial charge >= 0.3 is 5.97 Å². The van der Waals surface area contributed by atoms with E-state index in [2.05, 4.69) is 23.5 Å². The number of carboxylic acids is 1. The molecule has 17 heavy (non-hydrogen) atoms. The van der Waals surface area contributed by atoms with Gasteiger partial charge in [-0.15, -0.1) is 0 Å². The van der Waals surface area contributed by atoms with E-state index >= 15 is 0 Å². The molecule has 0 fully saturated rings. The van der Waals surface area contributed by atoms with E-state index in [-0.39, 0.29) is 12.6 Å². The highest BCUT2D eigenvalue weighted by Crippen LogP contribution is 2.24. The number of rotatable bonds is 4. The summed E-state index contributed by atoms with van der Waals surface area (Å²) in [5.74, 6) is -0.810. The molecule has 0 radical (unpaired) electrons. The van der Waals surface area contributed by atoms with Crippen LogP contribution in [0, 0.1) is 0 Å². The van der Waals surface area contributed by atoms with Crippen molar-refractivity contribution in [2.75, 3.05) is 6.54 Å². The van der Waals surface area contributed by atoms with Crippen molar-refractivity contribution in [2.24, 2.45) is 0 Å². The Balaban J connectivity index is 2.08. The fraction of sp³-hybridized carbons (Fsp3) is 0.500. The lowest BCUT2D eigenvalue weighted by Gasteiger charge is -2.19. The van der Waals surface area contributed by atoms with E-state index in [0.29, 0.717) is 0 Å². The van der Waals surface area contributed by atoms with E-state index < -0.39 is 5.97 Å². The van der Waals surface area contributed by atoms with E-state index in [9.17, 15) is 4.79 Å². The lowest BCUT2D eigenvalue weighted by Crippen LogP contribution is -2.25. The summed E-state index contributed by atoms with van der Waals surface area (Å²) in [7, 11) is 0. The number of aryl methyl sites for hydroxylation is 2. The predicted molar refractivity (Wildman–Crippen MR) is 67.1 cm³/mol. The van der Waals surface area contributed by atoms with Crippen molar-refractivity contribution in [1.82, 2.24) is 5.32 Å². The van der Waals surface area contributed by atoms with Crippen molar-refractivity contribution in [1.29, 1.82) is 0 Å². The van der Waals surface area contributed by atoms with Crippen molar-refractivity contribution in [3.05, 3.63) is 34.9 Å². The first-order chi connectivity index (χ1) is 8.16. The molecule has 1 aliphatic carbocycles. The van der Waals surface area contributed by atoms with Crippen molar-refractivity contribution in [3.8, 4) is 0 Å². The number of nitrogens with one attached hydrogen (secondary N) is 1. The molecule has 0 bridgehead atoms. The van der Waals surface area contributed by atoms with Crippen LogP contribution in [-0.2, 0) is 17.6 Å². The second-order valence-electron chi connectivity index (χ2n) is 4.73. The van der Waals surface area contributed by atoms with Gasteiger partial charge in [-0.25, -0.2) is 0 Å². The quantitative estimate of drug-likeness (QED) is 0.839. The van der Waals surface area contributed by atoms with E-state index in [4.69, 9.17) is 5.11 Å². The minimum atomic E-state index is -0.810. The molecule has 0 spiro atoms. The van der Waals surface area contributed by atoms with Gasteiger partial charge in [0.1, 0.15) is 0 Å². The van der Waals surface area contributed by atoms with Crippen LogP contribution in [-0.4, -0.2) is 17.6 Å². The summed E-state index contributed by atoms with van der Waals surface area (Å²) in [6.45, 7) is 2.02. The maximum atomic E-state index is 10.5. The summed E-state index contributed by atoms with van der Waals surface area (Å²) >= 11 is 0. The Morgan fingerprint density at radius 1 is 1.35 bits per heavy atom. The lowest BCUT2D eigenvalue weighted by atomic mass is 9.89. The summed E-state index contributed by atoms with van der Waals surface area (Å²) in [5.41, 5.74) is 4.09. The number of carbonyl (C=O) groups is 1.